The standard InChI is InChI=1S/C13H8F3NO2/c14-13(15,16)9-3-5-10(6-4-9)17-7-1-2-11(17)12(19)8-18/h1-8H. The molecule has 2 aromatic rings. The number of rotatable bonds is 3. The number of aromatic nitrogens is 1. The SMILES string of the molecule is O=CC(=O)c1cccn1-c1ccc(C(F)(F)F)cc1. The monoisotopic (exact) mass is 267 g/mol. The summed E-state index contributed by atoms with van der Waals surface area (Å²) >= 11 is 0. The van der Waals surface area contributed by atoms with Gasteiger partial charge in [-0.25, -0.2) is 0 Å². The van der Waals surface area contributed by atoms with Crippen LogP contribution in [0.15, 0.2) is 42.6 Å². The largest absolute Gasteiger partial charge is 0.416 e. The van der Waals surface area contributed by atoms with Crippen molar-refractivity contribution in [2.45, 2.75) is 6.18 Å². The van der Waals surface area contributed by atoms with E-state index in [-0.39, 0.29) is 12.0 Å². The normalized spacial score (nSPS) is 11.3. The summed E-state index contributed by atoms with van der Waals surface area (Å²) < 4.78 is 38.6. The van der Waals surface area contributed by atoms with E-state index in [1.165, 1.54) is 35.0 Å². The molecule has 6 heteroatoms. The van der Waals surface area contributed by atoms with Crippen molar-refractivity contribution in [3.8, 4) is 5.69 Å². The minimum absolute atomic E-state index is 0.106. The molecule has 0 N–H and O–H groups in total. The first-order valence-electron chi connectivity index (χ1n) is 5.28. The maximum Gasteiger partial charge on any atom is 0.416 e. The van der Waals surface area contributed by atoms with Crippen molar-refractivity contribution >= 4 is 12.1 Å². The fraction of sp³-hybridized carbons (Fsp3) is 0.0769. The molecule has 1 aromatic heterocycles. The Kier molecular flexibility index (Phi) is 3.25. The van der Waals surface area contributed by atoms with Gasteiger partial charge in [0.25, 0.3) is 0 Å². The molecule has 0 bridgehead atoms. The molecule has 0 saturated carbocycles. The summed E-state index contributed by atoms with van der Waals surface area (Å²) in [6, 6.07) is 7.28. The quantitative estimate of drug-likeness (QED) is 0.487. The van der Waals surface area contributed by atoms with Crippen molar-refractivity contribution in [2.75, 3.05) is 0 Å². The van der Waals surface area contributed by atoms with Crippen LogP contribution in [-0.2, 0) is 11.0 Å². The van der Waals surface area contributed by atoms with Crippen molar-refractivity contribution < 1.29 is 22.8 Å². The van der Waals surface area contributed by atoms with E-state index in [9.17, 15) is 22.8 Å². The second-order valence-corrected chi connectivity index (χ2v) is 3.79. The van der Waals surface area contributed by atoms with Crippen LogP contribution in [-0.4, -0.2) is 16.6 Å². The zero-order valence-corrected chi connectivity index (χ0v) is 9.52. The van der Waals surface area contributed by atoms with Crippen LogP contribution < -0.4 is 0 Å². The van der Waals surface area contributed by atoms with Crippen LogP contribution in [0.2, 0.25) is 0 Å². The van der Waals surface area contributed by atoms with Crippen molar-refractivity contribution in [3.05, 3.63) is 53.9 Å². The highest BCUT2D eigenvalue weighted by Crippen LogP contribution is 2.29. The number of Topliss-reactive ketones (excluding diaryl/α,β-unsaturated/α-hetero) is 1. The Hall–Kier alpha value is -2.37. The number of carbonyl (C=O) groups is 2. The Labute approximate surface area is 106 Å². The van der Waals surface area contributed by atoms with E-state index in [1.54, 1.807) is 0 Å². The van der Waals surface area contributed by atoms with E-state index in [1.807, 2.05) is 0 Å². The highest BCUT2D eigenvalue weighted by atomic mass is 19.4. The molecule has 0 saturated heterocycles. The molecular formula is C13H8F3NO2. The molecule has 3 nitrogen and oxygen atoms in total. The molecule has 0 unspecified atom stereocenters. The summed E-state index contributed by atoms with van der Waals surface area (Å²) in [5.41, 5.74) is -0.287. The van der Waals surface area contributed by atoms with Crippen LogP contribution in [0.4, 0.5) is 13.2 Å². The summed E-state index contributed by atoms with van der Waals surface area (Å²) in [6.45, 7) is 0. The van der Waals surface area contributed by atoms with Crippen LogP contribution in [0, 0.1) is 0 Å². The lowest BCUT2D eigenvalue weighted by molar-refractivity contribution is -0.137. The molecule has 0 spiro atoms. The number of alkyl halides is 3. The molecule has 2 rings (SSSR count). The van der Waals surface area contributed by atoms with E-state index in [4.69, 9.17) is 0 Å². The van der Waals surface area contributed by atoms with E-state index in [2.05, 4.69) is 0 Å². The topological polar surface area (TPSA) is 39.1 Å². The molecule has 0 amide bonds. The zero-order chi connectivity index (χ0) is 14.0. The lowest BCUT2D eigenvalue weighted by atomic mass is 10.2. The van der Waals surface area contributed by atoms with Crippen LogP contribution >= 0.6 is 0 Å². The van der Waals surface area contributed by atoms with E-state index in [0.29, 0.717) is 5.69 Å². The van der Waals surface area contributed by atoms with Gasteiger partial charge in [-0.1, -0.05) is 0 Å². The van der Waals surface area contributed by atoms with Gasteiger partial charge in [-0.15, -0.1) is 0 Å². The summed E-state index contributed by atoms with van der Waals surface area (Å²) in [5, 5.41) is 0. The highest BCUT2D eigenvalue weighted by molar-refractivity contribution is 6.32. The number of benzene rings is 1. The molecule has 1 aromatic carbocycles. The van der Waals surface area contributed by atoms with Gasteiger partial charge in [0.1, 0.15) is 0 Å². The number of nitrogens with zero attached hydrogens (tertiary/aromatic N) is 1. The number of halogens is 3. The van der Waals surface area contributed by atoms with Gasteiger partial charge in [-0.3, -0.25) is 9.59 Å². The van der Waals surface area contributed by atoms with Crippen molar-refractivity contribution in [1.82, 2.24) is 4.57 Å². The average Bonchev–Trinajstić information content (AvgIpc) is 2.86. The van der Waals surface area contributed by atoms with Gasteiger partial charge in [0, 0.05) is 11.9 Å². The third kappa shape index (κ3) is 2.57. The van der Waals surface area contributed by atoms with Gasteiger partial charge in [0.2, 0.25) is 5.78 Å². The number of ketones is 1. The van der Waals surface area contributed by atoms with Crippen LogP contribution in [0.25, 0.3) is 5.69 Å². The molecule has 0 atom stereocenters. The summed E-state index contributed by atoms with van der Waals surface area (Å²) in [5.74, 6) is -0.732. The van der Waals surface area contributed by atoms with Gasteiger partial charge in [-0.2, -0.15) is 13.2 Å². The Balaban J connectivity index is 2.41. The summed E-state index contributed by atoms with van der Waals surface area (Å²) in [4.78, 5) is 21.8. The fourth-order valence-corrected chi connectivity index (χ4v) is 1.68. The third-order valence-electron chi connectivity index (χ3n) is 2.58. The number of carbonyl (C=O) groups excluding carboxylic acids is 2. The molecule has 0 fully saturated rings. The fourth-order valence-electron chi connectivity index (χ4n) is 1.68. The van der Waals surface area contributed by atoms with Gasteiger partial charge in [-0.05, 0) is 36.4 Å². The maximum absolute atomic E-state index is 12.4. The zero-order valence-electron chi connectivity index (χ0n) is 9.52. The van der Waals surface area contributed by atoms with E-state index >= 15 is 0 Å². The minimum Gasteiger partial charge on any atom is -0.314 e. The molecule has 98 valence electrons. The molecular weight excluding hydrogens is 259 g/mol. The second-order valence-electron chi connectivity index (χ2n) is 3.79. The van der Waals surface area contributed by atoms with Crippen LogP contribution in [0.5, 0.6) is 0 Å². The molecule has 19 heavy (non-hydrogen) atoms. The molecule has 0 radical (unpaired) electrons. The highest BCUT2D eigenvalue weighted by Gasteiger charge is 2.30. The smallest absolute Gasteiger partial charge is 0.314 e. The Morgan fingerprint density at radius 2 is 1.74 bits per heavy atom. The Morgan fingerprint density at radius 3 is 2.26 bits per heavy atom. The molecule has 0 aliphatic carbocycles. The first kappa shape index (κ1) is 13.1. The third-order valence-corrected chi connectivity index (χ3v) is 2.58. The Bertz CT molecular complexity index is 612. The van der Waals surface area contributed by atoms with Gasteiger partial charge < -0.3 is 4.57 Å². The van der Waals surface area contributed by atoms with Gasteiger partial charge in [0.15, 0.2) is 6.29 Å². The summed E-state index contributed by atoms with van der Waals surface area (Å²) in [6.07, 6.45) is -2.74. The van der Waals surface area contributed by atoms with Crippen molar-refractivity contribution in [1.29, 1.82) is 0 Å². The van der Waals surface area contributed by atoms with E-state index in [0.717, 1.165) is 12.1 Å². The van der Waals surface area contributed by atoms with Gasteiger partial charge >= 0.3 is 6.18 Å². The predicted octanol–water partition coefficient (Wildman–Crippen LogP) is 2.88. The van der Waals surface area contributed by atoms with Gasteiger partial charge in [0.05, 0.1) is 11.3 Å². The minimum atomic E-state index is -4.41. The molecule has 1 heterocycles. The van der Waals surface area contributed by atoms with E-state index < -0.39 is 17.5 Å². The first-order chi connectivity index (χ1) is 8.93. The maximum atomic E-state index is 12.4. The van der Waals surface area contributed by atoms with Crippen LogP contribution in [0.3, 0.4) is 0 Å². The number of hydrogen-bond donors (Lipinski definition) is 0. The van der Waals surface area contributed by atoms with Crippen molar-refractivity contribution in [3.63, 3.8) is 0 Å². The van der Waals surface area contributed by atoms with Crippen molar-refractivity contribution in [2.24, 2.45) is 0 Å². The Morgan fingerprint density at radius 1 is 1.11 bits per heavy atom. The lowest BCUT2D eigenvalue weighted by Gasteiger charge is -2.09. The lowest BCUT2D eigenvalue weighted by Crippen LogP contribution is -2.09. The first-order valence-corrected chi connectivity index (χ1v) is 5.28. The predicted molar refractivity (Wildman–Crippen MR) is 61.2 cm³/mol. The number of aldehydes is 1. The molecule has 0 aliphatic heterocycles. The van der Waals surface area contributed by atoms with Crippen LogP contribution in [0.1, 0.15) is 16.1 Å². The number of hydrogen-bond acceptors (Lipinski definition) is 2. The second kappa shape index (κ2) is 4.72. The average molecular weight is 267 g/mol. The molecule has 0 aliphatic rings. The summed E-state index contributed by atoms with van der Waals surface area (Å²) in [7, 11) is 0.